The van der Waals surface area contributed by atoms with Crippen LogP contribution in [0, 0.1) is 11.6 Å². The van der Waals surface area contributed by atoms with Crippen molar-refractivity contribution < 1.29 is 18.0 Å². The Bertz CT molecular complexity index is 1270. The molecule has 0 bridgehead atoms. The summed E-state index contributed by atoms with van der Waals surface area (Å²) < 4.78 is 32.4. The van der Waals surface area contributed by atoms with Crippen molar-refractivity contribution in [1.29, 1.82) is 0 Å². The lowest BCUT2D eigenvalue weighted by Gasteiger charge is -2.06. The summed E-state index contributed by atoms with van der Waals surface area (Å²) in [6.45, 7) is 0. The number of nitrogens with one attached hydrogen (secondary N) is 1. The molecule has 1 amide bonds. The van der Waals surface area contributed by atoms with Crippen LogP contribution in [-0.2, 0) is 0 Å². The predicted octanol–water partition coefficient (Wildman–Crippen LogP) is 6.99. The Hall–Kier alpha value is -2.67. The van der Waals surface area contributed by atoms with Crippen molar-refractivity contribution in [2.75, 3.05) is 5.32 Å². The number of hydrogen-bond donors (Lipinski definition) is 1. The van der Waals surface area contributed by atoms with Gasteiger partial charge in [-0.1, -0.05) is 34.8 Å². The van der Waals surface area contributed by atoms with Crippen LogP contribution < -0.4 is 5.32 Å². The van der Waals surface area contributed by atoms with E-state index in [0.717, 1.165) is 12.1 Å². The summed E-state index contributed by atoms with van der Waals surface area (Å²) in [4.78, 5) is 16.7. The highest BCUT2D eigenvalue weighted by molar-refractivity contribution is 6.42. The minimum atomic E-state index is -1.07. The van der Waals surface area contributed by atoms with Gasteiger partial charge in [0.15, 0.2) is 17.2 Å². The minimum absolute atomic E-state index is 0.0249. The Morgan fingerprint density at radius 3 is 2.41 bits per heavy atom. The molecule has 1 aromatic heterocycles. The van der Waals surface area contributed by atoms with Crippen LogP contribution in [-0.4, -0.2) is 10.9 Å². The summed E-state index contributed by atoms with van der Waals surface area (Å²) in [5.41, 5.74) is 1.67. The number of benzene rings is 3. The molecule has 0 fully saturated rings. The van der Waals surface area contributed by atoms with Crippen LogP contribution in [0.2, 0.25) is 15.1 Å². The van der Waals surface area contributed by atoms with Crippen LogP contribution in [0.15, 0.2) is 52.9 Å². The molecule has 0 atom stereocenters. The Morgan fingerprint density at radius 2 is 1.66 bits per heavy atom. The summed E-state index contributed by atoms with van der Waals surface area (Å²) in [6, 6.07) is 11.1. The molecular formula is C20H9Cl3F2N2O2. The summed E-state index contributed by atoms with van der Waals surface area (Å²) in [6.07, 6.45) is 0. The number of halogens is 5. The molecule has 1 heterocycles. The standard InChI is InChI=1S/C20H9Cl3F2N2O2/c21-12-3-1-9(5-14(12)23)19(28)26-10-2-4-18-17(6-10)27-20(29-18)11-7-15(24)16(25)8-13(11)22/h1-8H,(H,26,28). The van der Waals surface area contributed by atoms with Gasteiger partial charge in [0.2, 0.25) is 5.89 Å². The quantitative estimate of drug-likeness (QED) is 0.340. The fraction of sp³-hybridized carbons (Fsp3) is 0. The average molecular weight is 454 g/mol. The van der Waals surface area contributed by atoms with Gasteiger partial charge in [-0.05, 0) is 48.5 Å². The van der Waals surface area contributed by atoms with Crippen molar-refractivity contribution in [3.8, 4) is 11.5 Å². The van der Waals surface area contributed by atoms with E-state index in [1.807, 2.05) is 0 Å². The highest BCUT2D eigenvalue weighted by atomic mass is 35.5. The first-order chi connectivity index (χ1) is 13.8. The number of anilines is 1. The third-order valence-corrected chi connectivity index (χ3v) is 5.12. The second-order valence-corrected chi connectivity index (χ2v) is 7.25. The molecule has 4 rings (SSSR count). The van der Waals surface area contributed by atoms with E-state index in [1.165, 1.54) is 12.1 Å². The third kappa shape index (κ3) is 3.92. The fourth-order valence-electron chi connectivity index (χ4n) is 2.65. The van der Waals surface area contributed by atoms with Gasteiger partial charge in [0.05, 0.1) is 20.6 Å². The number of nitrogens with zero attached hydrogens (tertiary/aromatic N) is 1. The van der Waals surface area contributed by atoms with Gasteiger partial charge in [-0.2, -0.15) is 0 Å². The number of hydrogen-bond acceptors (Lipinski definition) is 3. The largest absolute Gasteiger partial charge is 0.436 e. The molecule has 146 valence electrons. The SMILES string of the molecule is O=C(Nc1ccc2oc(-c3cc(F)c(F)cc3Cl)nc2c1)c1ccc(Cl)c(Cl)c1. The van der Waals surface area contributed by atoms with Gasteiger partial charge in [0.25, 0.3) is 5.91 Å². The van der Waals surface area contributed by atoms with E-state index in [1.54, 1.807) is 24.3 Å². The zero-order valence-corrected chi connectivity index (χ0v) is 16.5. The molecule has 0 unspecified atom stereocenters. The van der Waals surface area contributed by atoms with Crippen LogP contribution in [0.5, 0.6) is 0 Å². The van der Waals surface area contributed by atoms with E-state index in [-0.39, 0.29) is 21.5 Å². The predicted molar refractivity (Wildman–Crippen MR) is 109 cm³/mol. The Morgan fingerprint density at radius 1 is 0.897 bits per heavy atom. The third-order valence-electron chi connectivity index (χ3n) is 4.07. The first-order valence-electron chi connectivity index (χ1n) is 8.14. The van der Waals surface area contributed by atoms with E-state index in [0.29, 0.717) is 27.4 Å². The summed E-state index contributed by atoms with van der Waals surface area (Å²) in [5, 5.41) is 3.28. The molecular weight excluding hydrogens is 445 g/mol. The summed E-state index contributed by atoms with van der Waals surface area (Å²) >= 11 is 17.8. The molecule has 4 aromatic rings. The van der Waals surface area contributed by atoms with E-state index < -0.39 is 17.5 Å². The van der Waals surface area contributed by atoms with Crippen LogP contribution in [0.4, 0.5) is 14.5 Å². The zero-order chi connectivity index (χ0) is 20.7. The topological polar surface area (TPSA) is 55.1 Å². The Labute approximate surface area is 178 Å². The molecule has 9 heteroatoms. The maximum atomic E-state index is 13.6. The van der Waals surface area contributed by atoms with Crippen LogP contribution >= 0.6 is 34.8 Å². The number of carbonyl (C=O) groups excluding carboxylic acids is 1. The summed E-state index contributed by atoms with van der Waals surface area (Å²) in [5.74, 6) is -2.50. The molecule has 0 aliphatic heterocycles. The van der Waals surface area contributed by atoms with Gasteiger partial charge in [0, 0.05) is 11.3 Å². The van der Waals surface area contributed by atoms with Crippen LogP contribution in [0.3, 0.4) is 0 Å². The maximum Gasteiger partial charge on any atom is 0.255 e. The fourth-order valence-corrected chi connectivity index (χ4v) is 3.18. The Balaban J connectivity index is 1.64. The lowest BCUT2D eigenvalue weighted by Crippen LogP contribution is -2.11. The molecule has 3 aromatic carbocycles. The number of amides is 1. The monoisotopic (exact) mass is 452 g/mol. The Kier molecular flexibility index (Phi) is 5.17. The van der Waals surface area contributed by atoms with Crippen molar-refractivity contribution in [1.82, 2.24) is 4.98 Å². The summed E-state index contributed by atoms with van der Waals surface area (Å²) in [7, 11) is 0. The lowest BCUT2D eigenvalue weighted by molar-refractivity contribution is 0.102. The second kappa shape index (κ2) is 7.63. The van der Waals surface area contributed by atoms with E-state index in [2.05, 4.69) is 10.3 Å². The van der Waals surface area contributed by atoms with Gasteiger partial charge >= 0.3 is 0 Å². The number of aromatic nitrogens is 1. The number of oxazole rings is 1. The molecule has 29 heavy (non-hydrogen) atoms. The van der Waals surface area contributed by atoms with Crippen LogP contribution in [0.25, 0.3) is 22.6 Å². The van der Waals surface area contributed by atoms with Crippen molar-refractivity contribution in [2.24, 2.45) is 0 Å². The molecule has 1 N–H and O–H groups in total. The van der Waals surface area contributed by atoms with Gasteiger partial charge in [-0.3, -0.25) is 4.79 Å². The van der Waals surface area contributed by atoms with Gasteiger partial charge in [0.1, 0.15) is 5.52 Å². The smallest absolute Gasteiger partial charge is 0.255 e. The van der Waals surface area contributed by atoms with E-state index in [9.17, 15) is 13.6 Å². The molecule has 4 nitrogen and oxygen atoms in total. The van der Waals surface area contributed by atoms with Crippen molar-refractivity contribution >= 4 is 57.5 Å². The van der Waals surface area contributed by atoms with Crippen molar-refractivity contribution in [2.45, 2.75) is 0 Å². The molecule has 0 saturated heterocycles. The zero-order valence-electron chi connectivity index (χ0n) is 14.3. The van der Waals surface area contributed by atoms with E-state index >= 15 is 0 Å². The highest BCUT2D eigenvalue weighted by Gasteiger charge is 2.16. The molecule has 0 saturated carbocycles. The lowest BCUT2D eigenvalue weighted by atomic mass is 10.2. The van der Waals surface area contributed by atoms with Crippen molar-refractivity contribution in [3.05, 3.63) is 80.8 Å². The minimum Gasteiger partial charge on any atom is -0.436 e. The molecule has 0 radical (unpaired) electrons. The normalized spacial score (nSPS) is 11.1. The second-order valence-electron chi connectivity index (χ2n) is 6.03. The molecule has 0 aliphatic rings. The van der Waals surface area contributed by atoms with Gasteiger partial charge < -0.3 is 9.73 Å². The van der Waals surface area contributed by atoms with Crippen molar-refractivity contribution in [3.63, 3.8) is 0 Å². The van der Waals surface area contributed by atoms with Gasteiger partial charge in [-0.25, -0.2) is 13.8 Å². The average Bonchev–Trinajstić information content (AvgIpc) is 3.09. The molecule has 0 spiro atoms. The number of rotatable bonds is 3. The first kappa shape index (κ1) is 19.6. The highest BCUT2D eigenvalue weighted by Crippen LogP contribution is 2.32. The first-order valence-corrected chi connectivity index (χ1v) is 9.27. The van der Waals surface area contributed by atoms with Gasteiger partial charge in [-0.15, -0.1) is 0 Å². The number of carbonyl (C=O) groups is 1. The van der Waals surface area contributed by atoms with Crippen LogP contribution in [0.1, 0.15) is 10.4 Å². The van der Waals surface area contributed by atoms with E-state index in [4.69, 9.17) is 39.2 Å². The number of fused-ring (bicyclic) bond motifs is 1. The maximum absolute atomic E-state index is 13.6. The molecule has 0 aliphatic carbocycles.